The van der Waals surface area contributed by atoms with E-state index in [9.17, 15) is 9.90 Å². The maximum absolute atomic E-state index is 12.7. The van der Waals surface area contributed by atoms with Crippen LogP contribution in [0.2, 0.25) is 0 Å². The standard InChI is InChI=1S/C15H15Br2NO2S/c1-3-18(9(2)10-5-4-6-11(19)7-10)15(20)13-8-12(16)14(17)21-13/h4-9,19H,3H2,1-2H3. The predicted molar refractivity (Wildman–Crippen MR) is 93.0 cm³/mol. The number of amides is 1. The van der Waals surface area contributed by atoms with E-state index in [1.165, 1.54) is 11.3 Å². The number of phenolic OH excluding ortho intramolecular Hbond substituents is 1. The molecule has 3 nitrogen and oxygen atoms in total. The lowest BCUT2D eigenvalue weighted by molar-refractivity contribution is 0.0707. The van der Waals surface area contributed by atoms with E-state index in [-0.39, 0.29) is 17.7 Å². The first-order valence-electron chi connectivity index (χ1n) is 6.48. The van der Waals surface area contributed by atoms with Crippen LogP contribution in [0.4, 0.5) is 0 Å². The topological polar surface area (TPSA) is 40.5 Å². The fourth-order valence-electron chi connectivity index (χ4n) is 2.15. The number of hydrogen-bond donors (Lipinski definition) is 1. The summed E-state index contributed by atoms with van der Waals surface area (Å²) in [7, 11) is 0. The molecule has 0 bridgehead atoms. The summed E-state index contributed by atoms with van der Waals surface area (Å²) in [5.74, 6) is 0.203. The monoisotopic (exact) mass is 431 g/mol. The van der Waals surface area contributed by atoms with E-state index in [1.54, 1.807) is 23.1 Å². The Kier molecular flexibility index (Phi) is 5.46. The van der Waals surface area contributed by atoms with Crippen LogP contribution in [-0.4, -0.2) is 22.5 Å². The molecule has 2 aromatic rings. The largest absolute Gasteiger partial charge is 0.508 e. The Balaban J connectivity index is 2.28. The van der Waals surface area contributed by atoms with Gasteiger partial charge in [-0.15, -0.1) is 11.3 Å². The zero-order valence-corrected chi connectivity index (χ0v) is 15.6. The van der Waals surface area contributed by atoms with Crippen LogP contribution in [0.25, 0.3) is 0 Å². The van der Waals surface area contributed by atoms with Crippen LogP contribution in [0.1, 0.15) is 35.1 Å². The normalized spacial score (nSPS) is 12.2. The number of halogens is 2. The molecule has 1 aromatic heterocycles. The van der Waals surface area contributed by atoms with Gasteiger partial charge in [0.05, 0.1) is 14.7 Å². The fourth-order valence-corrected chi connectivity index (χ4v) is 4.14. The summed E-state index contributed by atoms with van der Waals surface area (Å²) in [4.78, 5) is 15.1. The maximum Gasteiger partial charge on any atom is 0.264 e. The third-order valence-corrected chi connectivity index (χ3v) is 6.52. The maximum atomic E-state index is 12.7. The highest BCUT2D eigenvalue weighted by Gasteiger charge is 2.23. The molecular formula is C15H15Br2NO2S. The Morgan fingerprint density at radius 2 is 2.10 bits per heavy atom. The van der Waals surface area contributed by atoms with Crippen molar-refractivity contribution >= 4 is 49.1 Å². The molecule has 1 heterocycles. The molecule has 1 amide bonds. The van der Waals surface area contributed by atoms with Crippen molar-refractivity contribution in [3.05, 3.63) is 49.0 Å². The van der Waals surface area contributed by atoms with Gasteiger partial charge in [-0.05, 0) is 69.5 Å². The van der Waals surface area contributed by atoms with Crippen LogP contribution in [-0.2, 0) is 0 Å². The van der Waals surface area contributed by atoms with Gasteiger partial charge in [0, 0.05) is 11.0 Å². The van der Waals surface area contributed by atoms with Gasteiger partial charge < -0.3 is 10.0 Å². The van der Waals surface area contributed by atoms with E-state index >= 15 is 0 Å². The summed E-state index contributed by atoms with van der Waals surface area (Å²) in [6.45, 7) is 4.52. The third kappa shape index (κ3) is 3.67. The lowest BCUT2D eigenvalue weighted by Gasteiger charge is -2.28. The molecule has 1 N–H and O–H groups in total. The molecule has 21 heavy (non-hydrogen) atoms. The second-order valence-corrected chi connectivity index (χ2v) is 7.82. The number of aromatic hydroxyl groups is 1. The van der Waals surface area contributed by atoms with Crippen molar-refractivity contribution in [1.29, 1.82) is 0 Å². The SMILES string of the molecule is CCN(C(=O)c1cc(Br)c(Br)s1)C(C)c1cccc(O)c1. The van der Waals surface area contributed by atoms with Gasteiger partial charge in [0.1, 0.15) is 5.75 Å². The highest BCUT2D eigenvalue weighted by atomic mass is 79.9. The fraction of sp³-hybridized carbons (Fsp3) is 0.267. The Hall–Kier alpha value is -0.850. The van der Waals surface area contributed by atoms with Crippen LogP contribution in [0.3, 0.4) is 0 Å². The number of nitrogens with zero attached hydrogens (tertiary/aromatic N) is 1. The number of thiophene rings is 1. The minimum absolute atomic E-state index is 0.00950. The summed E-state index contributed by atoms with van der Waals surface area (Å²) >= 11 is 8.23. The number of carbonyl (C=O) groups excluding carboxylic acids is 1. The first-order chi connectivity index (χ1) is 9.93. The molecule has 0 aliphatic rings. The molecule has 1 atom stereocenters. The molecule has 112 valence electrons. The predicted octanol–water partition coefficient (Wildman–Crippen LogP) is 5.20. The van der Waals surface area contributed by atoms with Crippen LogP contribution in [0.5, 0.6) is 5.75 Å². The van der Waals surface area contributed by atoms with Gasteiger partial charge in [-0.2, -0.15) is 0 Å². The van der Waals surface area contributed by atoms with Crippen LogP contribution in [0.15, 0.2) is 38.6 Å². The summed E-state index contributed by atoms with van der Waals surface area (Å²) < 4.78 is 1.80. The first kappa shape index (κ1) is 16.5. The molecule has 0 aliphatic carbocycles. The average Bonchev–Trinajstić information content (AvgIpc) is 2.79. The van der Waals surface area contributed by atoms with Crippen LogP contribution < -0.4 is 0 Å². The zero-order valence-electron chi connectivity index (χ0n) is 11.6. The van der Waals surface area contributed by atoms with Gasteiger partial charge in [-0.3, -0.25) is 4.79 Å². The lowest BCUT2D eigenvalue weighted by Crippen LogP contribution is -2.32. The molecule has 1 unspecified atom stereocenters. The number of rotatable bonds is 4. The summed E-state index contributed by atoms with van der Waals surface area (Å²) in [6, 6.07) is 8.75. The summed E-state index contributed by atoms with van der Waals surface area (Å²) in [6.07, 6.45) is 0. The Morgan fingerprint density at radius 1 is 1.38 bits per heavy atom. The zero-order chi connectivity index (χ0) is 15.6. The summed E-state index contributed by atoms with van der Waals surface area (Å²) in [5, 5.41) is 9.60. The van der Waals surface area contributed by atoms with Crippen molar-refractivity contribution in [1.82, 2.24) is 4.90 Å². The molecule has 2 rings (SSSR count). The van der Waals surface area contributed by atoms with Gasteiger partial charge in [-0.25, -0.2) is 0 Å². The molecule has 0 saturated carbocycles. The van der Waals surface area contributed by atoms with Gasteiger partial charge in [0.15, 0.2) is 0 Å². The number of hydrogen-bond acceptors (Lipinski definition) is 3. The first-order valence-corrected chi connectivity index (χ1v) is 8.89. The van der Waals surface area contributed by atoms with Crippen LogP contribution in [0, 0.1) is 0 Å². The molecule has 0 spiro atoms. The van der Waals surface area contributed by atoms with E-state index < -0.39 is 0 Å². The highest BCUT2D eigenvalue weighted by molar-refractivity contribution is 9.13. The second-order valence-electron chi connectivity index (χ2n) is 4.59. The van der Waals surface area contributed by atoms with E-state index in [0.717, 1.165) is 13.8 Å². The average molecular weight is 433 g/mol. The smallest absolute Gasteiger partial charge is 0.264 e. The minimum Gasteiger partial charge on any atom is -0.508 e. The molecule has 0 radical (unpaired) electrons. The van der Waals surface area contributed by atoms with Crippen molar-refractivity contribution in [3.63, 3.8) is 0 Å². The second kappa shape index (κ2) is 6.94. The molecular weight excluding hydrogens is 418 g/mol. The Labute approximate surface area is 144 Å². The Morgan fingerprint density at radius 3 is 2.62 bits per heavy atom. The lowest BCUT2D eigenvalue weighted by atomic mass is 10.1. The van der Waals surface area contributed by atoms with Crippen molar-refractivity contribution in [2.45, 2.75) is 19.9 Å². The van der Waals surface area contributed by atoms with E-state index in [4.69, 9.17) is 0 Å². The van der Waals surface area contributed by atoms with Gasteiger partial charge in [0.2, 0.25) is 0 Å². The molecule has 0 fully saturated rings. The number of phenols is 1. The van der Waals surface area contributed by atoms with Crippen LogP contribution >= 0.6 is 43.2 Å². The van der Waals surface area contributed by atoms with Crippen molar-refractivity contribution in [2.24, 2.45) is 0 Å². The molecule has 1 aromatic carbocycles. The van der Waals surface area contributed by atoms with Gasteiger partial charge >= 0.3 is 0 Å². The molecule has 0 aliphatic heterocycles. The van der Waals surface area contributed by atoms with Gasteiger partial charge in [-0.1, -0.05) is 12.1 Å². The highest BCUT2D eigenvalue weighted by Crippen LogP contribution is 2.34. The molecule has 0 saturated heterocycles. The van der Waals surface area contributed by atoms with E-state index in [0.29, 0.717) is 11.4 Å². The number of carbonyl (C=O) groups is 1. The van der Waals surface area contributed by atoms with Crippen molar-refractivity contribution in [2.75, 3.05) is 6.54 Å². The number of benzene rings is 1. The quantitative estimate of drug-likeness (QED) is 0.720. The summed E-state index contributed by atoms with van der Waals surface area (Å²) in [5.41, 5.74) is 0.917. The Bertz CT molecular complexity index is 637. The van der Waals surface area contributed by atoms with Gasteiger partial charge in [0.25, 0.3) is 5.91 Å². The third-order valence-electron chi connectivity index (χ3n) is 3.28. The van der Waals surface area contributed by atoms with Crippen molar-refractivity contribution < 1.29 is 9.90 Å². The van der Waals surface area contributed by atoms with E-state index in [2.05, 4.69) is 31.9 Å². The van der Waals surface area contributed by atoms with Crippen molar-refractivity contribution in [3.8, 4) is 5.75 Å². The minimum atomic E-state index is -0.103. The molecule has 6 heteroatoms. The van der Waals surface area contributed by atoms with E-state index in [1.807, 2.05) is 26.0 Å².